The topological polar surface area (TPSA) is 75.7 Å². The van der Waals surface area contributed by atoms with Gasteiger partial charge in [0, 0.05) is 13.0 Å². The highest BCUT2D eigenvalue weighted by Gasteiger charge is 2.26. The maximum Gasteiger partial charge on any atom is 0.340 e. The molecule has 1 heterocycles. The molecule has 0 saturated carbocycles. The van der Waals surface area contributed by atoms with Gasteiger partial charge >= 0.3 is 5.97 Å². The highest BCUT2D eigenvalue weighted by Crippen LogP contribution is 2.26. The van der Waals surface area contributed by atoms with Gasteiger partial charge in [-0.15, -0.1) is 0 Å². The summed E-state index contributed by atoms with van der Waals surface area (Å²) in [5.74, 6) is -1.02. The molecule has 6 nitrogen and oxygen atoms in total. The maximum atomic E-state index is 12.6. The number of hydrogen-bond acceptors (Lipinski definition) is 4. The van der Waals surface area contributed by atoms with Gasteiger partial charge < -0.3 is 15.0 Å². The fraction of sp³-hybridized carbons (Fsp3) is 0.240. The molecule has 4 rings (SSSR count). The Balaban J connectivity index is 1.40. The molecule has 2 amide bonds. The predicted molar refractivity (Wildman–Crippen MR) is 119 cm³/mol. The van der Waals surface area contributed by atoms with Crippen LogP contribution in [-0.4, -0.2) is 30.9 Å². The molecule has 1 fully saturated rings. The quantitative estimate of drug-likeness (QED) is 0.617. The first-order chi connectivity index (χ1) is 15.0. The Bertz CT molecular complexity index is 1140. The van der Waals surface area contributed by atoms with E-state index in [1.165, 1.54) is 0 Å². The van der Waals surface area contributed by atoms with Crippen LogP contribution in [0, 0.1) is 0 Å². The second-order valence-corrected chi connectivity index (χ2v) is 7.60. The van der Waals surface area contributed by atoms with Gasteiger partial charge in [0.05, 0.1) is 17.3 Å². The van der Waals surface area contributed by atoms with Crippen molar-refractivity contribution in [3.63, 3.8) is 0 Å². The monoisotopic (exact) mass is 416 g/mol. The minimum Gasteiger partial charge on any atom is -0.452 e. The number of nitrogens with one attached hydrogen (secondary N) is 1. The number of para-hydroxylation sites is 1. The van der Waals surface area contributed by atoms with Gasteiger partial charge in [-0.05, 0) is 41.8 Å². The Morgan fingerprint density at radius 1 is 1.03 bits per heavy atom. The standard InChI is InChI=1S/C25H24N2O4/c1-17(19-12-6-9-18-8-2-3-10-20(18)19)26-23(28)16-31-25(30)21-11-4-5-13-22(21)27-15-7-14-24(27)29/h2-6,8-13,17H,7,14-16H2,1H3,(H,26,28)/t17-/m1/s1. The summed E-state index contributed by atoms with van der Waals surface area (Å²) in [6, 6.07) is 20.5. The third kappa shape index (κ3) is 4.43. The molecule has 6 heteroatoms. The number of nitrogens with zero attached hydrogens (tertiary/aromatic N) is 1. The van der Waals surface area contributed by atoms with Crippen LogP contribution in [0.2, 0.25) is 0 Å². The van der Waals surface area contributed by atoms with Crippen LogP contribution < -0.4 is 10.2 Å². The van der Waals surface area contributed by atoms with Gasteiger partial charge in [-0.25, -0.2) is 4.79 Å². The molecule has 1 aliphatic rings. The van der Waals surface area contributed by atoms with Crippen LogP contribution >= 0.6 is 0 Å². The zero-order valence-corrected chi connectivity index (χ0v) is 17.3. The Morgan fingerprint density at radius 3 is 2.58 bits per heavy atom. The molecule has 1 atom stereocenters. The Labute approximate surface area is 180 Å². The lowest BCUT2D eigenvalue weighted by Gasteiger charge is -2.19. The van der Waals surface area contributed by atoms with E-state index in [9.17, 15) is 14.4 Å². The van der Waals surface area contributed by atoms with E-state index in [1.54, 1.807) is 29.2 Å². The van der Waals surface area contributed by atoms with Crippen molar-refractivity contribution in [2.45, 2.75) is 25.8 Å². The number of anilines is 1. The minimum absolute atomic E-state index is 0.0121. The number of rotatable bonds is 6. The van der Waals surface area contributed by atoms with Crippen LogP contribution in [0.5, 0.6) is 0 Å². The first-order valence-corrected chi connectivity index (χ1v) is 10.4. The molecule has 1 aliphatic heterocycles. The van der Waals surface area contributed by atoms with Crippen molar-refractivity contribution in [3.8, 4) is 0 Å². The van der Waals surface area contributed by atoms with Crippen LogP contribution in [0.25, 0.3) is 10.8 Å². The van der Waals surface area contributed by atoms with Gasteiger partial charge in [0.1, 0.15) is 0 Å². The van der Waals surface area contributed by atoms with E-state index in [1.807, 2.05) is 49.4 Å². The number of ether oxygens (including phenoxy) is 1. The summed E-state index contributed by atoms with van der Waals surface area (Å²) in [4.78, 5) is 38.7. The summed E-state index contributed by atoms with van der Waals surface area (Å²) < 4.78 is 5.26. The SMILES string of the molecule is C[C@@H](NC(=O)COC(=O)c1ccccc1N1CCCC1=O)c1cccc2ccccc12. The van der Waals surface area contributed by atoms with Crippen molar-refractivity contribution in [3.05, 3.63) is 77.9 Å². The maximum absolute atomic E-state index is 12.6. The molecule has 0 aliphatic carbocycles. The molecule has 0 bridgehead atoms. The average molecular weight is 416 g/mol. The molecule has 158 valence electrons. The van der Waals surface area contributed by atoms with Crippen LogP contribution in [0.3, 0.4) is 0 Å². The third-order valence-electron chi connectivity index (χ3n) is 5.49. The lowest BCUT2D eigenvalue weighted by atomic mass is 10.00. The molecule has 3 aromatic rings. The molecule has 1 saturated heterocycles. The van der Waals surface area contributed by atoms with Gasteiger partial charge in [-0.2, -0.15) is 0 Å². The zero-order chi connectivity index (χ0) is 21.8. The Morgan fingerprint density at radius 2 is 1.77 bits per heavy atom. The first kappa shape index (κ1) is 20.6. The van der Waals surface area contributed by atoms with Crippen molar-refractivity contribution in [1.82, 2.24) is 5.32 Å². The number of hydrogen-bond donors (Lipinski definition) is 1. The molecule has 0 spiro atoms. The molecule has 0 radical (unpaired) electrons. The lowest BCUT2D eigenvalue weighted by Crippen LogP contribution is -2.31. The summed E-state index contributed by atoms with van der Waals surface area (Å²) in [6.07, 6.45) is 1.23. The number of carbonyl (C=O) groups is 3. The summed E-state index contributed by atoms with van der Waals surface area (Å²) in [6.45, 7) is 2.08. The predicted octanol–water partition coefficient (Wildman–Crippen LogP) is 4.00. The summed E-state index contributed by atoms with van der Waals surface area (Å²) in [7, 11) is 0. The summed E-state index contributed by atoms with van der Waals surface area (Å²) >= 11 is 0. The van der Waals surface area contributed by atoms with Gasteiger partial charge in [0.15, 0.2) is 6.61 Å². The van der Waals surface area contributed by atoms with Crippen LogP contribution in [0.1, 0.15) is 41.7 Å². The van der Waals surface area contributed by atoms with E-state index >= 15 is 0 Å². The van der Waals surface area contributed by atoms with E-state index in [2.05, 4.69) is 5.32 Å². The zero-order valence-electron chi connectivity index (χ0n) is 17.3. The Kier molecular flexibility index (Phi) is 5.98. The molecular weight excluding hydrogens is 392 g/mol. The summed E-state index contributed by atoms with van der Waals surface area (Å²) in [5.41, 5.74) is 1.81. The molecule has 0 unspecified atom stereocenters. The van der Waals surface area contributed by atoms with E-state index in [-0.39, 0.29) is 23.4 Å². The van der Waals surface area contributed by atoms with Crippen LogP contribution in [0.15, 0.2) is 66.7 Å². The summed E-state index contributed by atoms with van der Waals surface area (Å²) in [5, 5.41) is 5.06. The van der Waals surface area contributed by atoms with Crippen LogP contribution in [-0.2, 0) is 14.3 Å². The van der Waals surface area contributed by atoms with Crippen molar-refractivity contribution in [2.75, 3.05) is 18.1 Å². The highest BCUT2D eigenvalue weighted by atomic mass is 16.5. The normalized spacial score (nSPS) is 14.5. The van der Waals surface area contributed by atoms with Gasteiger partial charge in [0.2, 0.25) is 5.91 Å². The van der Waals surface area contributed by atoms with Crippen molar-refractivity contribution in [1.29, 1.82) is 0 Å². The molecule has 31 heavy (non-hydrogen) atoms. The van der Waals surface area contributed by atoms with E-state index in [0.29, 0.717) is 18.7 Å². The number of benzene rings is 3. The molecular formula is C25H24N2O4. The van der Waals surface area contributed by atoms with Gasteiger partial charge in [0.25, 0.3) is 5.91 Å². The molecule has 1 N–H and O–H groups in total. The number of fused-ring (bicyclic) bond motifs is 1. The third-order valence-corrected chi connectivity index (χ3v) is 5.49. The fourth-order valence-corrected chi connectivity index (χ4v) is 3.98. The minimum atomic E-state index is -0.622. The largest absolute Gasteiger partial charge is 0.452 e. The van der Waals surface area contributed by atoms with Crippen molar-refractivity contribution in [2.24, 2.45) is 0 Å². The smallest absolute Gasteiger partial charge is 0.340 e. The second-order valence-electron chi connectivity index (χ2n) is 7.60. The van der Waals surface area contributed by atoms with E-state index in [0.717, 1.165) is 22.8 Å². The first-order valence-electron chi connectivity index (χ1n) is 10.4. The van der Waals surface area contributed by atoms with E-state index in [4.69, 9.17) is 4.74 Å². The Hall–Kier alpha value is -3.67. The second kappa shape index (κ2) is 9.00. The molecule has 3 aromatic carbocycles. The number of amides is 2. The lowest BCUT2D eigenvalue weighted by molar-refractivity contribution is -0.124. The van der Waals surface area contributed by atoms with Gasteiger partial charge in [-0.3, -0.25) is 9.59 Å². The number of carbonyl (C=O) groups excluding carboxylic acids is 3. The van der Waals surface area contributed by atoms with Crippen molar-refractivity contribution < 1.29 is 19.1 Å². The molecule has 0 aromatic heterocycles. The fourth-order valence-electron chi connectivity index (χ4n) is 3.98. The number of esters is 1. The van der Waals surface area contributed by atoms with Crippen molar-refractivity contribution >= 4 is 34.2 Å². The van der Waals surface area contributed by atoms with Crippen LogP contribution in [0.4, 0.5) is 5.69 Å². The van der Waals surface area contributed by atoms with E-state index < -0.39 is 12.6 Å². The van der Waals surface area contributed by atoms with Gasteiger partial charge in [-0.1, -0.05) is 54.6 Å². The average Bonchev–Trinajstić information content (AvgIpc) is 3.22. The highest BCUT2D eigenvalue weighted by molar-refractivity contribution is 6.04.